The average Bonchev–Trinajstić information content (AvgIpc) is 0.969. The summed E-state index contributed by atoms with van der Waals surface area (Å²) >= 11 is 0. The molecule has 1 aromatic rings. The summed E-state index contributed by atoms with van der Waals surface area (Å²) in [5.74, 6) is -8.16. The van der Waals surface area contributed by atoms with Crippen molar-refractivity contribution in [2.75, 3.05) is 54.2 Å². The van der Waals surface area contributed by atoms with E-state index in [1.54, 1.807) is 80.5 Å². The number of methoxy groups -OCH3 is 2. The van der Waals surface area contributed by atoms with Gasteiger partial charge >= 0.3 is 18.0 Å². The molecule has 5 saturated heterocycles. The minimum absolute atomic E-state index is 0.0125. The number of aliphatic hydroxyl groups is 2. The Morgan fingerprint density at radius 3 is 2.11 bits per heavy atom. The van der Waals surface area contributed by atoms with Gasteiger partial charge in [-0.05, 0) is 98.6 Å². The van der Waals surface area contributed by atoms with E-state index in [0.717, 1.165) is 12.8 Å². The molecule has 4 N–H and O–H groups in total. The van der Waals surface area contributed by atoms with Crippen molar-refractivity contribution in [3.05, 3.63) is 30.3 Å². The number of Topliss-reactive ketones (excluding diaryl/α,β-unsaturated/α-hetero) is 1. The summed E-state index contributed by atoms with van der Waals surface area (Å²) in [7, 11) is 0.208. The lowest BCUT2D eigenvalue weighted by Crippen LogP contribution is -2.59. The first-order valence-electron chi connectivity index (χ1n) is 32.5. The third-order valence-corrected chi connectivity index (χ3v) is 19.9. The lowest BCUT2D eigenvalue weighted by Gasteiger charge is -2.45. The maximum absolute atomic E-state index is 16.1. The first-order chi connectivity index (χ1) is 42.7. The van der Waals surface area contributed by atoms with Crippen molar-refractivity contribution in [1.29, 1.82) is 0 Å². The fraction of sp³-hybridized carbons (Fsp3) is 0.831. The van der Waals surface area contributed by atoms with Crippen molar-refractivity contribution in [3.63, 3.8) is 0 Å². The van der Waals surface area contributed by atoms with Crippen molar-refractivity contribution in [2.45, 2.75) is 257 Å². The van der Waals surface area contributed by atoms with Gasteiger partial charge in [0.05, 0.1) is 65.1 Å². The van der Waals surface area contributed by atoms with E-state index in [1.165, 1.54) is 40.4 Å². The van der Waals surface area contributed by atoms with E-state index >= 15 is 9.59 Å². The van der Waals surface area contributed by atoms with Crippen molar-refractivity contribution < 1.29 is 99.5 Å². The largest absolute Gasteiger partial charge is 0.461 e. The molecule has 22 atom stereocenters. The molecule has 1 aromatic carbocycles. The number of amides is 1. The number of hydrogen-bond donors (Lipinski definition) is 4. The van der Waals surface area contributed by atoms with E-state index in [4.69, 9.17) is 61.7 Å². The first-order valence-corrected chi connectivity index (χ1v) is 34.0. The molecule has 5 heterocycles. The monoisotopic (exact) mass is 1310 g/mol. The van der Waals surface area contributed by atoms with Crippen LogP contribution in [0.15, 0.2) is 40.4 Å². The number of nitrogens with zero attached hydrogens (tertiary/aromatic N) is 2. The highest BCUT2D eigenvalue weighted by atomic mass is 32.2. The van der Waals surface area contributed by atoms with Gasteiger partial charge in [-0.15, -0.1) is 0 Å². The number of hydrogen-bond acceptors (Lipinski definition) is 23. The van der Waals surface area contributed by atoms with Crippen LogP contribution in [0.1, 0.15) is 142 Å². The van der Waals surface area contributed by atoms with Crippen LogP contribution in [0.5, 0.6) is 0 Å². The molecular formula is C65H108N4O21S. The van der Waals surface area contributed by atoms with Crippen LogP contribution >= 0.6 is 0 Å². The summed E-state index contributed by atoms with van der Waals surface area (Å²) in [5.41, 5.74) is -3.20. The number of esters is 2. The van der Waals surface area contributed by atoms with Gasteiger partial charge in [-0.25, -0.2) is 17.9 Å². The number of rotatable bonds is 21. The number of ether oxygens (including phenoxy) is 12. The minimum Gasteiger partial charge on any atom is -0.461 e. The number of carbonyl (C=O) groups is 4. The lowest BCUT2D eigenvalue weighted by molar-refractivity contribution is -0.305. The number of cyclic esters (lactones) is 1. The maximum atomic E-state index is 16.1. The molecule has 1 unspecified atom stereocenters. The molecule has 0 saturated carbocycles. The smallest absolute Gasteiger partial charge is 0.408 e. The second-order valence-corrected chi connectivity index (χ2v) is 29.2. The molecule has 0 aromatic heterocycles. The van der Waals surface area contributed by atoms with E-state index in [1.807, 2.05) is 27.7 Å². The van der Waals surface area contributed by atoms with E-state index < -0.39 is 160 Å². The zero-order chi connectivity index (χ0) is 67.4. The highest BCUT2D eigenvalue weighted by Gasteiger charge is 2.53. The van der Waals surface area contributed by atoms with Crippen LogP contribution in [0.4, 0.5) is 4.79 Å². The Labute approximate surface area is 539 Å². The number of aliphatic hydroxyl groups excluding tert-OH is 2. The predicted octanol–water partition coefficient (Wildman–Crippen LogP) is 6.31. The summed E-state index contributed by atoms with van der Waals surface area (Å²) in [5, 5.41) is 29.9. The number of benzene rings is 1. The van der Waals surface area contributed by atoms with Gasteiger partial charge in [-0.2, -0.15) is 0 Å². The predicted molar refractivity (Wildman–Crippen MR) is 334 cm³/mol. The average molecular weight is 1310 g/mol. The Kier molecular flexibility index (Phi) is 28.1. The van der Waals surface area contributed by atoms with E-state index in [-0.39, 0.29) is 67.1 Å². The standard InChI is InChI=1S/C65H108N4O21S/c1-35(2)28-49(70)86-55-42(9)54(37(4)33-82-62-58(79-17)57(78-16)51(71)45(12)85-62)88-60(74)44(11)56(87-50-29-38(5)69(32-40(7)83-50)46-24-26-81-27-25-46)41(8)53(89-61-52(72)48(68-80-18)30-39(6)84-61)36(3)31-65(15,59(73)43(55)10)90-63(75)67-64(13,14)34-66-91(76,77)47-22-20-19-21-23-47/h19-23,35-46,50-58,61-62,66,71-72H,24-34H2,1-18H3,(H,67,75)/b68-48+/t36-,37-,38?,39+,40-,41+,42-,43+,44+,45+,50-,51+,52+,53-,54+,55+,56-,57+,58+,61-,62+,65-/m0/s1. The molecule has 0 bridgehead atoms. The molecule has 25 nitrogen and oxygen atoms in total. The molecule has 0 radical (unpaired) electrons. The number of ketones is 1. The molecule has 26 heteroatoms. The molecule has 5 fully saturated rings. The van der Waals surface area contributed by atoms with Crippen LogP contribution in [0, 0.1) is 41.4 Å². The Morgan fingerprint density at radius 2 is 1.48 bits per heavy atom. The van der Waals surface area contributed by atoms with Gasteiger partial charge < -0.3 is 77.2 Å². The van der Waals surface area contributed by atoms with Gasteiger partial charge in [-0.1, -0.05) is 71.8 Å². The van der Waals surface area contributed by atoms with Gasteiger partial charge in [0.1, 0.15) is 43.7 Å². The molecule has 1 amide bonds. The van der Waals surface area contributed by atoms with Gasteiger partial charge in [0.2, 0.25) is 10.0 Å². The second kappa shape index (κ2) is 33.6. The van der Waals surface area contributed by atoms with Crippen molar-refractivity contribution in [3.8, 4) is 0 Å². The Morgan fingerprint density at radius 1 is 0.824 bits per heavy atom. The van der Waals surface area contributed by atoms with Crippen molar-refractivity contribution >= 4 is 39.6 Å². The quantitative estimate of drug-likeness (QED) is 0.0595. The van der Waals surface area contributed by atoms with Crippen LogP contribution in [0.3, 0.4) is 0 Å². The zero-order valence-corrected chi connectivity index (χ0v) is 57.7. The summed E-state index contributed by atoms with van der Waals surface area (Å²) in [6.45, 7) is 27.7. The van der Waals surface area contributed by atoms with Gasteiger partial charge in [0.25, 0.3) is 0 Å². The van der Waals surface area contributed by atoms with Crippen molar-refractivity contribution in [1.82, 2.24) is 14.9 Å². The van der Waals surface area contributed by atoms with Crippen LogP contribution in [0.25, 0.3) is 0 Å². The van der Waals surface area contributed by atoms with Gasteiger partial charge in [0.15, 0.2) is 30.3 Å². The molecule has 520 valence electrons. The molecule has 0 aliphatic carbocycles. The van der Waals surface area contributed by atoms with Crippen LogP contribution < -0.4 is 10.0 Å². The van der Waals surface area contributed by atoms with E-state index in [2.05, 4.69) is 27.0 Å². The highest BCUT2D eigenvalue weighted by molar-refractivity contribution is 7.89. The molecule has 0 spiro atoms. The lowest BCUT2D eigenvalue weighted by atomic mass is 9.74. The maximum Gasteiger partial charge on any atom is 0.408 e. The summed E-state index contributed by atoms with van der Waals surface area (Å²) in [6, 6.07) is 7.94. The molecule has 5 aliphatic heterocycles. The zero-order valence-electron chi connectivity index (χ0n) is 56.9. The topological polar surface area (TPSA) is 303 Å². The highest BCUT2D eigenvalue weighted by Crippen LogP contribution is 2.41. The normalized spacial score (nSPS) is 37.4. The van der Waals surface area contributed by atoms with Crippen LogP contribution in [-0.2, 0) is 86.1 Å². The van der Waals surface area contributed by atoms with Crippen LogP contribution in [0.2, 0.25) is 0 Å². The van der Waals surface area contributed by atoms with E-state index in [9.17, 15) is 28.2 Å². The molecule has 91 heavy (non-hydrogen) atoms. The van der Waals surface area contributed by atoms with Gasteiger partial charge in [-0.3, -0.25) is 19.3 Å². The van der Waals surface area contributed by atoms with Gasteiger partial charge in [0, 0.05) is 89.6 Å². The fourth-order valence-corrected chi connectivity index (χ4v) is 14.9. The van der Waals surface area contributed by atoms with Crippen LogP contribution in [-0.4, -0.2) is 217 Å². The van der Waals surface area contributed by atoms with Crippen molar-refractivity contribution in [2.24, 2.45) is 46.6 Å². The molecule has 6 rings (SSSR count). The first kappa shape index (κ1) is 76.0. The number of carbonyl (C=O) groups excluding carboxylic acids is 4. The number of oxime groups is 1. The van der Waals surface area contributed by atoms with E-state index in [0.29, 0.717) is 26.2 Å². The summed E-state index contributed by atoms with van der Waals surface area (Å²) in [6.07, 6.45) is -13.1. The minimum atomic E-state index is -4.04. The Bertz CT molecular complexity index is 2630. The number of sulfonamides is 1. The SMILES string of the molecule is CO/N=C1\C[C@@H](C)O[C@@H](O[C@@H]2[C@@H](C)[C@H](O[C@H]3CC(C)N(C4CCOCC4)C[C@H](C)O3)[C@@H](C)C(=O)O[C@H]([C@@H](C)CO[C@@H]3O[C@H](C)[C@@H](O)[C@@H](OC)[C@H]3OC)[C@H](C)[C@@H](OC(=O)CC(C)C)[C@@H](C)C(=O)[C@@](C)(OC(=O)NC(C)(C)CNS(=O)(=O)c3ccccc3)C[C@@H]2C)[C@@H]1O. The molecule has 5 aliphatic rings. The Balaban J connectivity index is 1.51. The summed E-state index contributed by atoms with van der Waals surface area (Å²) in [4.78, 5) is 68.4. The summed E-state index contributed by atoms with van der Waals surface area (Å²) < 4.78 is 106. The second-order valence-electron chi connectivity index (χ2n) is 27.4. The Hall–Kier alpha value is -4.00. The molecular weight excluding hydrogens is 1200 g/mol. The fourth-order valence-electron chi connectivity index (χ4n) is 13.6. The number of nitrogens with one attached hydrogen (secondary N) is 2. The third kappa shape index (κ3) is 20.0. The number of alkyl carbamates (subject to hydrolysis) is 1. The third-order valence-electron chi connectivity index (χ3n) is 18.5.